The zero-order valence-electron chi connectivity index (χ0n) is 15.6. The summed E-state index contributed by atoms with van der Waals surface area (Å²) in [5.41, 5.74) is -0.0196. The van der Waals surface area contributed by atoms with E-state index in [0.29, 0.717) is 17.4 Å². The summed E-state index contributed by atoms with van der Waals surface area (Å²) in [6, 6.07) is 0.658. The number of rotatable bonds is 5. The molecule has 22 heavy (non-hydrogen) atoms. The smallest absolute Gasteiger partial charge is 0.407 e. The molecule has 2 N–H and O–H groups in total. The van der Waals surface area contributed by atoms with Crippen molar-refractivity contribution in [1.29, 1.82) is 0 Å². The highest BCUT2D eigenvalue weighted by molar-refractivity contribution is 5.68. The molecular formula is C18H36N2O2. The van der Waals surface area contributed by atoms with E-state index in [1.165, 1.54) is 25.7 Å². The van der Waals surface area contributed by atoms with E-state index >= 15 is 0 Å². The van der Waals surface area contributed by atoms with Crippen LogP contribution in [0.15, 0.2) is 0 Å². The normalized spacial score (nSPS) is 23.2. The van der Waals surface area contributed by atoms with Crippen LogP contribution in [0.25, 0.3) is 0 Å². The lowest BCUT2D eigenvalue weighted by atomic mass is 9.75. The molecule has 0 spiro atoms. The monoisotopic (exact) mass is 312 g/mol. The Bertz CT molecular complexity index is 359. The van der Waals surface area contributed by atoms with Crippen molar-refractivity contribution in [1.82, 2.24) is 10.6 Å². The van der Waals surface area contributed by atoms with Crippen molar-refractivity contribution in [3.05, 3.63) is 0 Å². The van der Waals surface area contributed by atoms with Crippen molar-refractivity contribution in [2.45, 2.75) is 91.8 Å². The molecule has 4 heteroatoms. The third-order valence-electron chi connectivity index (χ3n) is 4.34. The summed E-state index contributed by atoms with van der Waals surface area (Å²) in [5.74, 6) is 0.372. The van der Waals surface area contributed by atoms with Crippen LogP contribution in [0, 0.1) is 11.3 Å². The summed E-state index contributed by atoms with van der Waals surface area (Å²) < 4.78 is 5.37. The minimum atomic E-state index is -0.452. The molecule has 0 aromatic rings. The molecule has 0 saturated heterocycles. The topological polar surface area (TPSA) is 50.4 Å². The summed E-state index contributed by atoms with van der Waals surface area (Å²) in [7, 11) is 0. The molecule has 130 valence electrons. The van der Waals surface area contributed by atoms with Crippen LogP contribution in [0.2, 0.25) is 0 Å². The van der Waals surface area contributed by atoms with Crippen molar-refractivity contribution >= 4 is 6.09 Å². The largest absolute Gasteiger partial charge is 0.444 e. The molecule has 0 aromatic heterocycles. The Labute approximate surface area is 136 Å². The summed E-state index contributed by atoms with van der Waals surface area (Å²) in [5, 5.41) is 6.67. The first kappa shape index (κ1) is 19.3. The Balaban J connectivity index is 2.46. The molecule has 0 aromatic carbocycles. The van der Waals surface area contributed by atoms with Gasteiger partial charge < -0.3 is 15.4 Å². The van der Waals surface area contributed by atoms with E-state index in [1.807, 2.05) is 20.8 Å². The number of ether oxygens (including phenoxy) is 1. The van der Waals surface area contributed by atoms with Crippen molar-refractivity contribution in [2.24, 2.45) is 11.3 Å². The van der Waals surface area contributed by atoms with Crippen LogP contribution in [0.3, 0.4) is 0 Å². The van der Waals surface area contributed by atoms with Gasteiger partial charge in [0.15, 0.2) is 0 Å². The van der Waals surface area contributed by atoms with Crippen LogP contribution in [0.4, 0.5) is 4.79 Å². The average molecular weight is 312 g/mol. The second-order valence-electron chi connectivity index (χ2n) is 8.86. The van der Waals surface area contributed by atoms with Gasteiger partial charge in [-0.3, -0.25) is 0 Å². The number of amides is 1. The van der Waals surface area contributed by atoms with Gasteiger partial charge in [0.1, 0.15) is 5.60 Å². The van der Waals surface area contributed by atoms with Gasteiger partial charge in [-0.05, 0) is 51.4 Å². The maximum absolute atomic E-state index is 12.0. The zero-order chi connectivity index (χ0) is 17.0. The molecule has 2 atom stereocenters. The minimum Gasteiger partial charge on any atom is -0.444 e. The average Bonchev–Trinajstić information content (AvgIpc) is 2.30. The van der Waals surface area contributed by atoms with Crippen LogP contribution in [0.1, 0.15) is 74.1 Å². The van der Waals surface area contributed by atoms with Gasteiger partial charge in [-0.15, -0.1) is 0 Å². The van der Waals surface area contributed by atoms with E-state index in [4.69, 9.17) is 4.74 Å². The highest BCUT2D eigenvalue weighted by Crippen LogP contribution is 2.35. The van der Waals surface area contributed by atoms with Gasteiger partial charge >= 0.3 is 6.09 Å². The molecule has 0 aliphatic heterocycles. The van der Waals surface area contributed by atoms with E-state index < -0.39 is 5.60 Å². The van der Waals surface area contributed by atoms with E-state index in [2.05, 4.69) is 38.3 Å². The Morgan fingerprint density at radius 3 is 2.45 bits per heavy atom. The van der Waals surface area contributed by atoms with E-state index in [-0.39, 0.29) is 12.1 Å². The van der Waals surface area contributed by atoms with Crippen LogP contribution in [0.5, 0.6) is 0 Å². The summed E-state index contributed by atoms with van der Waals surface area (Å²) >= 11 is 0. The van der Waals surface area contributed by atoms with E-state index in [9.17, 15) is 4.79 Å². The molecule has 1 aliphatic rings. The van der Waals surface area contributed by atoms with Crippen LogP contribution in [-0.2, 0) is 4.74 Å². The highest BCUT2D eigenvalue weighted by atomic mass is 16.6. The molecule has 2 unspecified atom stereocenters. The number of carbonyl (C=O) groups is 1. The number of nitrogens with one attached hydrogen (secondary N) is 2. The number of carbonyl (C=O) groups excluding carboxylic acids is 1. The molecule has 1 saturated carbocycles. The van der Waals surface area contributed by atoms with Crippen LogP contribution < -0.4 is 10.6 Å². The maximum atomic E-state index is 12.0. The third-order valence-corrected chi connectivity index (χ3v) is 4.34. The summed E-state index contributed by atoms with van der Waals surface area (Å²) in [4.78, 5) is 12.0. The van der Waals surface area contributed by atoms with E-state index in [0.717, 1.165) is 6.54 Å². The van der Waals surface area contributed by atoms with Gasteiger partial charge in [0.25, 0.3) is 0 Å². The van der Waals surface area contributed by atoms with Crippen molar-refractivity contribution < 1.29 is 9.53 Å². The molecule has 1 fully saturated rings. The number of hydrogen-bond donors (Lipinski definition) is 2. The first-order valence-corrected chi connectivity index (χ1v) is 8.71. The summed E-state index contributed by atoms with van der Waals surface area (Å²) in [6.45, 7) is 15.4. The van der Waals surface area contributed by atoms with Crippen molar-refractivity contribution in [2.75, 3.05) is 6.54 Å². The molecular weight excluding hydrogens is 276 g/mol. The predicted molar refractivity (Wildman–Crippen MR) is 92.0 cm³/mol. The van der Waals surface area contributed by atoms with Gasteiger partial charge in [0.05, 0.1) is 0 Å². The van der Waals surface area contributed by atoms with Gasteiger partial charge in [-0.2, -0.15) is 0 Å². The second kappa shape index (κ2) is 7.67. The van der Waals surface area contributed by atoms with Gasteiger partial charge in [0, 0.05) is 18.6 Å². The Morgan fingerprint density at radius 2 is 1.95 bits per heavy atom. The Kier molecular flexibility index (Phi) is 6.72. The van der Waals surface area contributed by atoms with Gasteiger partial charge in [-0.1, -0.05) is 34.1 Å². The fourth-order valence-corrected chi connectivity index (χ4v) is 3.08. The number of hydrogen-bond acceptors (Lipinski definition) is 3. The SMILES string of the molecule is CC(C)C(CNC1CCCC(C)(C)C1)NC(=O)OC(C)(C)C. The minimum absolute atomic E-state index is 0.0971. The molecule has 0 heterocycles. The molecule has 1 amide bonds. The first-order chi connectivity index (χ1) is 9.98. The van der Waals surface area contributed by atoms with Gasteiger partial charge in [0.2, 0.25) is 0 Å². The van der Waals surface area contributed by atoms with Crippen molar-refractivity contribution in [3.63, 3.8) is 0 Å². The lowest BCUT2D eigenvalue weighted by Crippen LogP contribution is -2.50. The highest BCUT2D eigenvalue weighted by Gasteiger charge is 2.29. The Hall–Kier alpha value is -0.770. The van der Waals surface area contributed by atoms with E-state index in [1.54, 1.807) is 0 Å². The molecule has 0 bridgehead atoms. The zero-order valence-corrected chi connectivity index (χ0v) is 15.6. The molecule has 1 rings (SSSR count). The standard InChI is InChI=1S/C18H36N2O2/c1-13(2)15(20-16(21)22-17(3,4)5)12-19-14-9-8-10-18(6,7)11-14/h13-15,19H,8-12H2,1-7H3,(H,20,21). The Morgan fingerprint density at radius 1 is 1.32 bits per heavy atom. The maximum Gasteiger partial charge on any atom is 0.407 e. The molecule has 0 radical (unpaired) electrons. The first-order valence-electron chi connectivity index (χ1n) is 8.71. The second-order valence-corrected chi connectivity index (χ2v) is 8.86. The quantitative estimate of drug-likeness (QED) is 0.803. The summed E-state index contributed by atoms with van der Waals surface area (Å²) in [6.07, 6.45) is 4.73. The fraction of sp³-hybridized carbons (Fsp3) is 0.944. The van der Waals surface area contributed by atoms with Crippen molar-refractivity contribution in [3.8, 4) is 0 Å². The molecule has 1 aliphatic carbocycles. The van der Waals surface area contributed by atoms with Crippen LogP contribution in [-0.4, -0.2) is 30.3 Å². The number of alkyl carbamates (subject to hydrolysis) is 1. The lowest BCUT2D eigenvalue weighted by molar-refractivity contribution is 0.0487. The third kappa shape index (κ3) is 7.48. The fourth-order valence-electron chi connectivity index (χ4n) is 3.08. The van der Waals surface area contributed by atoms with Gasteiger partial charge in [-0.25, -0.2) is 4.79 Å². The lowest BCUT2D eigenvalue weighted by Gasteiger charge is -2.36. The van der Waals surface area contributed by atoms with Crippen LogP contribution >= 0.6 is 0 Å². The predicted octanol–water partition coefficient (Wildman–Crippen LogP) is 4.09. The molecule has 4 nitrogen and oxygen atoms in total.